The summed E-state index contributed by atoms with van der Waals surface area (Å²) in [6, 6.07) is 13.3. The molecule has 2 rings (SSSR count). The van der Waals surface area contributed by atoms with Crippen LogP contribution in [0.5, 0.6) is 0 Å². The van der Waals surface area contributed by atoms with E-state index in [1.54, 1.807) is 13.0 Å². The van der Waals surface area contributed by atoms with Gasteiger partial charge in [-0.2, -0.15) is 0 Å². The number of fused-ring (bicyclic) bond motifs is 1. The summed E-state index contributed by atoms with van der Waals surface area (Å²) in [5.74, 6) is -0.320. The average molecular weight is 308 g/mol. The van der Waals surface area contributed by atoms with E-state index in [2.05, 4.69) is 0 Å². The second kappa shape index (κ2) is 5.76. The third kappa shape index (κ3) is 2.91. The van der Waals surface area contributed by atoms with E-state index in [-0.39, 0.29) is 10.7 Å². The molecule has 6 heteroatoms. The lowest BCUT2D eigenvalue weighted by Crippen LogP contribution is -2.37. The minimum absolute atomic E-state index is 0.0244. The third-order valence-electron chi connectivity index (χ3n) is 2.98. The lowest BCUT2D eigenvalue weighted by atomic mass is 10.1. The van der Waals surface area contributed by atoms with Gasteiger partial charge in [0, 0.05) is 11.9 Å². The van der Waals surface area contributed by atoms with E-state index in [1.807, 2.05) is 36.4 Å². The molecule has 20 heavy (non-hydrogen) atoms. The Morgan fingerprint density at radius 1 is 1.20 bits per heavy atom. The highest BCUT2D eigenvalue weighted by Crippen LogP contribution is 2.28. The summed E-state index contributed by atoms with van der Waals surface area (Å²) in [6.07, 6.45) is 0. The van der Waals surface area contributed by atoms with Gasteiger partial charge in [0.15, 0.2) is 0 Å². The maximum atomic E-state index is 12.4. The molecule has 0 aliphatic heterocycles. The van der Waals surface area contributed by atoms with Gasteiger partial charge in [-0.15, -0.1) is 0 Å². The van der Waals surface area contributed by atoms with Crippen LogP contribution in [0.2, 0.25) is 0 Å². The number of anilines is 1. The minimum atomic E-state index is -3.55. The summed E-state index contributed by atoms with van der Waals surface area (Å²) in [7, 11) is -3.55. The van der Waals surface area contributed by atoms with Crippen LogP contribution in [0.3, 0.4) is 0 Å². The molecule has 0 radical (unpaired) electrons. The summed E-state index contributed by atoms with van der Waals surface area (Å²) in [5.41, 5.74) is 6.04. The molecule has 0 bridgehead atoms. The Bertz CT molecular complexity index is 736. The molecule has 0 heterocycles. The minimum Gasteiger partial charge on any atom is -0.392 e. The number of hydrogen-bond donors (Lipinski definition) is 1. The quantitative estimate of drug-likeness (QED) is 0.861. The Labute approximate surface area is 124 Å². The fourth-order valence-electron chi connectivity index (χ4n) is 2.20. The van der Waals surface area contributed by atoms with Gasteiger partial charge in [-0.1, -0.05) is 48.6 Å². The normalized spacial score (nSPS) is 11.4. The van der Waals surface area contributed by atoms with Crippen LogP contribution < -0.4 is 10.0 Å². The predicted octanol–water partition coefficient (Wildman–Crippen LogP) is 2.28. The van der Waals surface area contributed by atoms with Crippen molar-refractivity contribution in [3.8, 4) is 0 Å². The lowest BCUT2D eigenvalue weighted by molar-refractivity contribution is 0.596. The molecule has 2 aromatic carbocycles. The summed E-state index contributed by atoms with van der Waals surface area (Å²) in [5, 5.41) is 1.89. The molecule has 4 nitrogen and oxygen atoms in total. The average Bonchev–Trinajstić information content (AvgIpc) is 2.38. The molecule has 0 saturated carbocycles. The van der Waals surface area contributed by atoms with Gasteiger partial charge in [0.25, 0.3) is 0 Å². The lowest BCUT2D eigenvalue weighted by Gasteiger charge is -2.24. The van der Waals surface area contributed by atoms with Crippen molar-refractivity contribution in [2.24, 2.45) is 5.73 Å². The largest absolute Gasteiger partial charge is 0.392 e. The van der Waals surface area contributed by atoms with Crippen LogP contribution >= 0.6 is 12.2 Å². The standard InChI is InChI=1S/C14H16N2O2S2/c1-2-16(20(17,18)10-14(15)19)13-9-5-7-11-6-3-4-8-12(11)13/h3-9H,2,10H2,1H3,(H2,15,19). The molecule has 2 N–H and O–H groups in total. The summed E-state index contributed by atoms with van der Waals surface area (Å²) in [6.45, 7) is 2.12. The van der Waals surface area contributed by atoms with Crippen molar-refractivity contribution in [1.29, 1.82) is 0 Å². The van der Waals surface area contributed by atoms with Crippen molar-refractivity contribution in [1.82, 2.24) is 0 Å². The van der Waals surface area contributed by atoms with Gasteiger partial charge in [0.1, 0.15) is 5.75 Å². The number of hydrogen-bond acceptors (Lipinski definition) is 3. The van der Waals surface area contributed by atoms with Crippen molar-refractivity contribution >= 4 is 43.7 Å². The molecule has 0 amide bonds. The number of nitrogens with two attached hydrogens (primary N) is 1. The van der Waals surface area contributed by atoms with E-state index >= 15 is 0 Å². The van der Waals surface area contributed by atoms with Crippen LogP contribution in [0.25, 0.3) is 10.8 Å². The van der Waals surface area contributed by atoms with E-state index in [0.717, 1.165) is 10.8 Å². The molecular weight excluding hydrogens is 292 g/mol. The summed E-state index contributed by atoms with van der Waals surface area (Å²) < 4.78 is 26.1. The third-order valence-corrected chi connectivity index (χ3v) is 5.11. The first-order chi connectivity index (χ1) is 9.45. The smallest absolute Gasteiger partial charge is 0.241 e. The van der Waals surface area contributed by atoms with Gasteiger partial charge < -0.3 is 5.73 Å². The van der Waals surface area contributed by atoms with Crippen LogP contribution in [-0.4, -0.2) is 25.7 Å². The number of thiocarbonyl (C=S) groups is 1. The molecule has 0 unspecified atom stereocenters. The maximum absolute atomic E-state index is 12.4. The zero-order valence-corrected chi connectivity index (χ0v) is 12.7. The van der Waals surface area contributed by atoms with Gasteiger partial charge in [0.2, 0.25) is 10.0 Å². The Kier molecular flexibility index (Phi) is 4.25. The summed E-state index contributed by atoms with van der Waals surface area (Å²) >= 11 is 4.73. The molecule has 0 aliphatic rings. The molecular formula is C14H16N2O2S2. The summed E-state index contributed by atoms with van der Waals surface area (Å²) in [4.78, 5) is -0.0244. The monoisotopic (exact) mass is 308 g/mol. The van der Waals surface area contributed by atoms with E-state index < -0.39 is 10.0 Å². The highest BCUT2D eigenvalue weighted by atomic mass is 32.2. The molecule has 2 aromatic rings. The van der Waals surface area contributed by atoms with Crippen molar-refractivity contribution in [3.63, 3.8) is 0 Å². The number of benzene rings is 2. The van der Waals surface area contributed by atoms with E-state index in [0.29, 0.717) is 12.2 Å². The zero-order chi connectivity index (χ0) is 14.8. The Balaban J connectivity index is 2.58. The van der Waals surface area contributed by atoms with Crippen LogP contribution in [0.15, 0.2) is 42.5 Å². The zero-order valence-electron chi connectivity index (χ0n) is 11.1. The molecule has 106 valence electrons. The fourth-order valence-corrected chi connectivity index (χ4v) is 4.01. The van der Waals surface area contributed by atoms with Gasteiger partial charge >= 0.3 is 0 Å². The first kappa shape index (κ1) is 14.7. The molecule has 0 aliphatic carbocycles. The Morgan fingerprint density at radius 2 is 1.85 bits per heavy atom. The highest BCUT2D eigenvalue weighted by molar-refractivity contribution is 7.95. The van der Waals surface area contributed by atoms with Gasteiger partial charge in [-0.3, -0.25) is 4.31 Å². The van der Waals surface area contributed by atoms with Crippen LogP contribution in [0.4, 0.5) is 5.69 Å². The topological polar surface area (TPSA) is 63.4 Å². The van der Waals surface area contributed by atoms with Crippen molar-refractivity contribution < 1.29 is 8.42 Å². The molecule has 0 fully saturated rings. The number of sulfonamides is 1. The highest BCUT2D eigenvalue weighted by Gasteiger charge is 2.23. The number of rotatable bonds is 5. The molecule has 0 aromatic heterocycles. The Morgan fingerprint density at radius 3 is 2.50 bits per heavy atom. The molecule has 0 spiro atoms. The SMILES string of the molecule is CCN(c1cccc2ccccc12)S(=O)(=O)CC(N)=S. The predicted molar refractivity (Wildman–Crippen MR) is 87.5 cm³/mol. The van der Waals surface area contributed by atoms with Crippen molar-refractivity contribution in [2.75, 3.05) is 16.6 Å². The number of nitrogens with zero attached hydrogens (tertiary/aromatic N) is 1. The van der Waals surface area contributed by atoms with Crippen molar-refractivity contribution in [2.45, 2.75) is 6.92 Å². The first-order valence-corrected chi connectivity index (χ1v) is 8.24. The molecule has 0 atom stereocenters. The van der Waals surface area contributed by atoms with E-state index in [4.69, 9.17) is 18.0 Å². The van der Waals surface area contributed by atoms with Crippen LogP contribution in [0.1, 0.15) is 6.92 Å². The first-order valence-electron chi connectivity index (χ1n) is 6.22. The van der Waals surface area contributed by atoms with Gasteiger partial charge in [-0.05, 0) is 18.4 Å². The second-order valence-electron chi connectivity index (χ2n) is 4.39. The Hall–Kier alpha value is -1.66. The van der Waals surface area contributed by atoms with Gasteiger partial charge in [0.05, 0.1) is 10.7 Å². The molecule has 0 saturated heterocycles. The fraction of sp³-hybridized carbons (Fsp3) is 0.214. The van der Waals surface area contributed by atoms with Crippen LogP contribution in [-0.2, 0) is 10.0 Å². The van der Waals surface area contributed by atoms with Gasteiger partial charge in [-0.25, -0.2) is 8.42 Å². The van der Waals surface area contributed by atoms with E-state index in [1.165, 1.54) is 4.31 Å². The van der Waals surface area contributed by atoms with Crippen molar-refractivity contribution in [3.05, 3.63) is 42.5 Å². The second-order valence-corrected chi connectivity index (χ2v) is 6.80. The maximum Gasteiger partial charge on any atom is 0.241 e. The van der Waals surface area contributed by atoms with Crippen LogP contribution in [0, 0.1) is 0 Å². The van der Waals surface area contributed by atoms with E-state index in [9.17, 15) is 8.42 Å².